The Hall–Kier alpha value is -3.50. The van der Waals surface area contributed by atoms with E-state index in [1.807, 2.05) is 35.1 Å². The van der Waals surface area contributed by atoms with Crippen molar-refractivity contribution in [2.75, 3.05) is 44.7 Å². The normalized spacial score (nSPS) is 16.2. The molecule has 0 radical (unpaired) electrons. The maximum absolute atomic E-state index is 13.4. The zero-order valence-corrected chi connectivity index (χ0v) is 20.1. The van der Waals surface area contributed by atoms with Crippen LogP contribution in [0, 0.1) is 0 Å². The standard InChI is InChI=1S/C25H30N8O2/c1-17(2)33-7-5-21(29-33)22-23(32-8-6-26-25(32)28-22)18-3-4-20-19(15-18)24(34)31(16-27-20)10-9-30-11-13-35-14-12-30/h3-5,7,15-17H,6,8-14H2,1-2H3,(H,26,28). The third-order valence-corrected chi connectivity index (χ3v) is 6.82. The first-order valence-corrected chi connectivity index (χ1v) is 12.3. The van der Waals surface area contributed by atoms with Gasteiger partial charge in [-0.15, -0.1) is 0 Å². The number of aromatic nitrogens is 6. The van der Waals surface area contributed by atoms with Crippen molar-refractivity contribution >= 4 is 16.9 Å². The zero-order chi connectivity index (χ0) is 23.9. The minimum atomic E-state index is -0.0185. The molecular weight excluding hydrogens is 444 g/mol. The second-order valence-corrected chi connectivity index (χ2v) is 9.41. The number of ether oxygens (including phenoxy) is 1. The topological polar surface area (TPSA) is 95.0 Å². The first-order valence-electron chi connectivity index (χ1n) is 12.3. The zero-order valence-electron chi connectivity index (χ0n) is 20.1. The number of morpholine rings is 1. The van der Waals surface area contributed by atoms with Crippen LogP contribution in [0.4, 0.5) is 5.95 Å². The molecule has 0 atom stereocenters. The molecule has 5 heterocycles. The van der Waals surface area contributed by atoms with Gasteiger partial charge in [-0.05, 0) is 32.0 Å². The molecule has 6 rings (SSSR count). The van der Waals surface area contributed by atoms with Gasteiger partial charge in [-0.1, -0.05) is 6.07 Å². The number of imidazole rings is 1. The second-order valence-electron chi connectivity index (χ2n) is 9.41. The van der Waals surface area contributed by atoms with E-state index in [1.54, 1.807) is 10.9 Å². The minimum absolute atomic E-state index is 0.0185. The van der Waals surface area contributed by atoms with Crippen molar-refractivity contribution in [2.45, 2.75) is 33.0 Å². The predicted molar refractivity (Wildman–Crippen MR) is 135 cm³/mol. The van der Waals surface area contributed by atoms with Crippen molar-refractivity contribution in [1.82, 2.24) is 33.8 Å². The summed E-state index contributed by atoms with van der Waals surface area (Å²) >= 11 is 0. The van der Waals surface area contributed by atoms with Crippen LogP contribution in [0.3, 0.4) is 0 Å². The van der Waals surface area contributed by atoms with E-state index in [9.17, 15) is 4.79 Å². The molecule has 1 fully saturated rings. The van der Waals surface area contributed by atoms with Gasteiger partial charge in [0, 0.05) is 57.1 Å². The van der Waals surface area contributed by atoms with Crippen molar-refractivity contribution in [3.05, 3.63) is 47.1 Å². The van der Waals surface area contributed by atoms with E-state index in [0.717, 1.165) is 74.5 Å². The summed E-state index contributed by atoms with van der Waals surface area (Å²) in [6.45, 7) is 10.6. The van der Waals surface area contributed by atoms with Crippen LogP contribution >= 0.6 is 0 Å². The van der Waals surface area contributed by atoms with Crippen molar-refractivity contribution < 1.29 is 4.74 Å². The molecule has 0 amide bonds. The summed E-state index contributed by atoms with van der Waals surface area (Å²) in [4.78, 5) is 25.2. The van der Waals surface area contributed by atoms with Gasteiger partial charge in [-0.3, -0.25) is 18.9 Å². The largest absolute Gasteiger partial charge is 0.379 e. The molecule has 10 heteroatoms. The summed E-state index contributed by atoms with van der Waals surface area (Å²) in [5, 5.41) is 8.74. The van der Waals surface area contributed by atoms with Gasteiger partial charge in [-0.25, -0.2) is 9.97 Å². The number of anilines is 1. The molecule has 0 unspecified atom stereocenters. The van der Waals surface area contributed by atoms with Crippen molar-refractivity contribution in [3.63, 3.8) is 0 Å². The highest BCUT2D eigenvalue weighted by molar-refractivity contribution is 5.87. The monoisotopic (exact) mass is 474 g/mol. The van der Waals surface area contributed by atoms with Crippen molar-refractivity contribution in [1.29, 1.82) is 0 Å². The Bertz CT molecular complexity index is 1430. The average Bonchev–Trinajstić information content (AvgIpc) is 3.60. The Morgan fingerprint density at radius 2 is 1.97 bits per heavy atom. The number of hydrogen-bond donors (Lipinski definition) is 1. The number of rotatable bonds is 6. The number of hydrogen-bond acceptors (Lipinski definition) is 7. The molecule has 2 aliphatic rings. The lowest BCUT2D eigenvalue weighted by Crippen LogP contribution is -2.39. The van der Waals surface area contributed by atoms with Gasteiger partial charge in [0.05, 0.1) is 36.1 Å². The lowest BCUT2D eigenvalue weighted by molar-refractivity contribution is 0.0362. The summed E-state index contributed by atoms with van der Waals surface area (Å²) in [5.74, 6) is 0.836. The summed E-state index contributed by atoms with van der Waals surface area (Å²) < 4.78 is 11.3. The smallest absolute Gasteiger partial charge is 0.261 e. The number of nitrogens with zero attached hydrogens (tertiary/aromatic N) is 7. The highest BCUT2D eigenvalue weighted by Crippen LogP contribution is 2.36. The number of fused-ring (bicyclic) bond motifs is 2. The first-order chi connectivity index (χ1) is 17.1. The molecule has 2 aliphatic heterocycles. The summed E-state index contributed by atoms with van der Waals surface area (Å²) in [6, 6.07) is 8.18. The third kappa shape index (κ3) is 4.02. The number of benzene rings is 1. The molecule has 0 aliphatic carbocycles. The van der Waals surface area contributed by atoms with Gasteiger partial charge in [0.1, 0.15) is 11.4 Å². The third-order valence-electron chi connectivity index (χ3n) is 6.82. The maximum Gasteiger partial charge on any atom is 0.261 e. The Kier molecular flexibility index (Phi) is 5.62. The molecule has 0 spiro atoms. The fourth-order valence-corrected chi connectivity index (χ4v) is 4.85. The Morgan fingerprint density at radius 3 is 2.77 bits per heavy atom. The molecule has 182 valence electrons. The van der Waals surface area contributed by atoms with Crippen LogP contribution in [0.5, 0.6) is 0 Å². The lowest BCUT2D eigenvalue weighted by atomic mass is 10.1. The Morgan fingerprint density at radius 1 is 1.11 bits per heavy atom. The molecule has 10 nitrogen and oxygen atoms in total. The quantitative estimate of drug-likeness (QED) is 0.459. The summed E-state index contributed by atoms with van der Waals surface area (Å²) in [5.41, 5.74) is 4.25. The van der Waals surface area contributed by atoms with Crippen molar-refractivity contribution in [2.24, 2.45) is 0 Å². The van der Waals surface area contributed by atoms with Gasteiger partial charge < -0.3 is 14.6 Å². The lowest BCUT2D eigenvalue weighted by Gasteiger charge is -2.26. The van der Waals surface area contributed by atoms with Crippen molar-refractivity contribution in [3.8, 4) is 22.6 Å². The van der Waals surface area contributed by atoms with Gasteiger partial charge in [0.25, 0.3) is 5.56 Å². The van der Waals surface area contributed by atoms with E-state index in [0.29, 0.717) is 17.4 Å². The molecule has 1 saturated heterocycles. The Balaban J connectivity index is 1.39. The molecule has 1 N–H and O–H groups in total. The van der Waals surface area contributed by atoms with Gasteiger partial charge in [0.15, 0.2) is 0 Å². The molecule has 35 heavy (non-hydrogen) atoms. The highest BCUT2D eigenvalue weighted by Gasteiger charge is 2.25. The summed E-state index contributed by atoms with van der Waals surface area (Å²) in [6.07, 6.45) is 3.65. The molecular formula is C25H30N8O2. The van der Waals surface area contributed by atoms with Crippen LogP contribution < -0.4 is 10.9 Å². The van der Waals surface area contributed by atoms with Crippen LogP contribution in [0.25, 0.3) is 33.5 Å². The van der Waals surface area contributed by atoms with Gasteiger partial charge >= 0.3 is 0 Å². The molecule has 0 bridgehead atoms. The van der Waals surface area contributed by atoms with Gasteiger partial charge in [0.2, 0.25) is 5.95 Å². The average molecular weight is 475 g/mol. The Labute approximate surface area is 203 Å². The molecule has 3 aromatic heterocycles. The second kappa shape index (κ2) is 8.94. The van der Waals surface area contributed by atoms with E-state index in [2.05, 4.69) is 33.6 Å². The van der Waals surface area contributed by atoms with E-state index >= 15 is 0 Å². The minimum Gasteiger partial charge on any atom is -0.379 e. The number of nitrogens with one attached hydrogen (secondary N) is 1. The summed E-state index contributed by atoms with van der Waals surface area (Å²) in [7, 11) is 0. The fraction of sp³-hybridized carbons (Fsp3) is 0.440. The van der Waals surface area contributed by atoms with Crippen LogP contribution in [-0.4, -0.2) is 73.2 Å². The SMILES string of the molecule is CC(C)n1ccc(-c2nc3n(c2-c2ccc4ncn(CCN5CCOCC5)c(=O)c4c2)CCN3)n1. The van der Waals surface area contributed by atoms with Gasteiger partial charge in [-0.2, -0.15) is 5.10 Å². The van der Waals surface area contributed by atoms with Crippen LogP contribution in [0.15, 0.2) is 41.6 Å². The van der Waals surface area contributed by atoms with Crippen LogP contribution in [0.1, 0.15) is 19.9 Å². The van der Waals surface area contributed by atoms with E-state index in [4.69, 9.17) is 14.8 Å². The van der Waals surface area contributed by atoms with E-state index < -0.39 is 0 Å². The van der Waals surface area contributed by atoms with E-state index in [-0.39, 0.29) is 11.6 Å². The van der Waals surface area contributed by atoms with E-state index in [1.165, 1.54) is 0 Å². The predicted octanol–water partition coefficient (Wildman–Crippen LogP) is 2.46. The van der Waals surface area contributed by atoms with Crippen LogP contribution in [0.2, 0.25) is 0 Å². The molecule has 1 aromatic carbocycles. The highest BCUT2D eigenvalue weighted by atomic mass is 16.5. The first kappa shape index (κ1) is 22.0. The molecule has 0 saturated carbocycles. The fourth-order valence-electron chi connectivity index (χ4n) is 4.85. The maximum atomic E-state index is 13.4. The molecule has 4 aromatic rings. The van der Waals surface area contributed by atoms with Crippen LogP contribution in [-0.2, 0) is 17.8 Å².